The van der Waals surface area contributed by atoms with Gasteiger partial charge in [0.15, 0.2) is 0 Å². The Labute approximate surface area is 130 Å². The Bertz CT molecular complexity index is 342. The molecule has 0 unspecified atom stereocenters. The van der Waals surface area contributed by atoms with Crippen LogP contribution in [0.15, 0.2) is 0 Å². The molecule has 1 saturated heterocycles. The van der Waals surface area contributed by atoms with Crippen LogP contribution >= 0.6 is 0 Å². The van der Waals surface area contributed by atoms with E-state index in [1.165, 1.54) is 19.3 Å². The van der Waals surface area contributed by atoms with Gasteiger partial charge in [-0.2, -0.15) is 0 Å². The molecule has 2 aliphatic rings. The van der Waals surface area contributed by atoms with Crippen LogP contribution in [0.25, 0.3) is 0 Å². The Balaban J connectivity index is 1.99. The summed E-state index contributed by atoms with van der Waals surface area (Å²) >= 11 is 0. The molecule has 0 aromatic heterocycles. The van der Waals surface area contributed by atoms with Crippen molar-refractivity contribution in [3.63, 3.8) is 0 Å². The van der Waals surface area contributed by atoms with Gasteiger partial charge in [0, 0.05) is 26.7 Å². The minimum Gasteiger partial charge on any atom is -0.328 e. The summed E-state index contributed by atoms with van der Waals surface area (Å²) in [6.45, 7) is 6.95. The van der Waals surface area contributed by atoms with Crippen molar-refractivity contribution in [2.75, 3.05) is 26.7 Å². The number of amides is 2. The van der Waals surface area contributed by atoms with E-state index in [0.29, 0.717) is 6.54 Å². The van der Waals surface area contributed by atoms with Crippen LogP contribution in [0.5, 0.6) is 0 Å². The maximum Gasteiger partial charge on any atom is 0.320 e. The lowest BCUT2D eigenvalue weighted by molar-refractivity contribution is 0.0608. The average Bonchev–Trinajstić information content (AvgIpc) is 2.54. The summed E-state index contributed by atoms with van der Waals surface area (Å²) in [5, 5.41) is 0. The first-order chi connectivity index (χ1) is 10.0. The molecular weight excluding hydrogens is 262 g/mol. The molecule has 0 aromatic rings. The Kier molecular flexibility index (Phi) is 5.53. The number of urea groups is 1. The van der Waals surface area contributed by atoms with Gasteiger partial charge in [-0.05, 0) is 50.4 Å². The first kappa shape index (κ1) is 16.6. The lowest BCUT2D eigenvalue weighted by Gasteiger charge is -2.47. The average molecular weight is 295 g/mol. The molecule has 4 nitrogen and oxygen atoms in total. The molecule has 2 amide bonds. The lowest BCUT2D eigenvalue weighted by atomic mass is 9.75. The molecule has 0 atom stereocenters. The molecule has 2 rings (SSSR count). The minimum atomic E-state index is -0.105. The van der Waals surface area contributed by atoms with E-state index in [4.69, 9.17) is 5.73 Å². The monoisotopic (exact) mass is 295 g/mol. The van der Waals surface area contributed by atoms with Crippen molar-refractivity contribution >= 4 is 6.03 Å². The lowest BCUT2D eigenvalue weighted by Crippen LogP contribution is -2.59. The molecule has 1 heterocycles. The number of likely N-dealkylation sites (tertiary alicyclic amines) is 1. The number of rotatable bonds is 3. The fraction of sp³-hybridized carbons (Fsp3) is 0.941. The molecule has 2 fully saturated rings. The van der Waals surface area contributed by atoms with Gasteiger partial charge in [0.05, 0.1) is 5.54 Å². The van der Waals surface area contributed by atoms with Gasteiger partial charge in [0.2, 0.25) is 0 Å². The van der Waals surface area contributed by atoms with Crippen LogP contribution < -0.4 is 5.73 Å². The van der Waals surface area contributed by atoms with Gasteiger partial charge in [0.25, 0.3) is 0 Å². The van der Waals surface area contributed by atoms with E-state index in [1.807, 2.05) is 16.8 Å². The van der Waals surface area contributed by atoms with Crippen LogP contribution in [0.2, 0.25) is 0 Å². The first-order valence-corrected chi connectivity index (χ1v) is 8.75. The van der Waals surface area contributed by atoms with E-state index >= 15 is 0 Å². The van der Waals surface area contributed by atoms with Gasteiger partial charge >= 0.3 is 6.03 Å². The van der Waals surface area contributed by atoms with Crippen LogP contribution in [0.3, 0.4) is 0 Å². The number of hydrogen-bond acceptors (Lipinski definition) is 2. The number of hydrogen-bond donors (Lipinski definition) is 1. The van der Waals surface area contributed by atoms with Gasteiger partial charge in [-0.25, -0.2) is 4.79 Å². The number of nitrogens with two attached hydrogens (primary N) is 1. The summed E-state index contributed by atoms with van der Waals surface area (Å²) in [5.74, 6) is 1.58. The molecule has 1 saturated carbocycles. The Hall–Kier alpha value is -0.770. The van der Waals surface area contributed by atoms with Crippen LogP contribution in [-0.4, -0.2) is 48.1 Å². The van der Waals surface area contributed by atoms with Gasteiger partial charge in [0.1, 0.15) is 0 Å². The zero-order chi connectivity index (χ0) is 15.5. The molecule has 21 heavy (non-hydrogen) atoms. The number of carbonyl (C=O) groups is 1. The molecule has 0 aromatic carbocycles. The highest BCUT2D eigenvalue weighted by molar-refractivity contribution is 5.75. The normalized spacial score (nSPS) is 31.2. The Morgan fingerprint density at radius 3 is 2.29 bits per heavy atom. The van der Waals surface area contributed by atoms with Gasteiger partial charge in [-0.15, -0.1) is 0 Å². The number of likely N-dealkylation sites (N-methyl/N-ethyl adjacent to an activating group) is 1. The molecule has 0 radical (unpaired) electrons. The SMILES string of the molecule is CCC1CCC(CN)(N(C)C(=O)N2CCC(C)CC2)CC1. The second kappa shape index (κ2) is 6.99. The molecule has 0 spiro atoms. The van der Waals surface area contributed by atoms with Crippen molar-refractivity contribution in [3.8, 4) is 0 Å². The van der Waals surface area contributed by atoms with Crippen molar-refractivity contribution in [1.82, 2.24) is 9.80 Å². The molecule has 1 aliphatic heterocycles. The number of carbonyl (C=O) groups excluding carboxylic acids is 1. The molecule has 1 aliphatic carbocycles. The van der Waals surface area contributed by atoms with E-state index in [2.05, 4.69) is 13.8 Å². The van der Waals surface area contributed by atoms with Crippen molar-refractivity contribution in [2.24, 2.45) is 17.6 Å². The summed E-state index contributed by atoms with van der Waals surface area (Å²) in [6, 6.07) is 0.197. The summed E-state index contributed by atoms with van der Waals surface area (Å²) < 4.78 is 0. The predicted molar refractivity (Wildman–Crippen MR) is 87.2 cm³/mol. The van der Waals surface area contributed by atoms with Crippen molar-refractivity contribution in [1.29, 1.82) is 0 Å². The van der Waals surface area contributed by atoms with E-state index in [-0.39, 0.29) is 11.6 Å². The maximum absolute atomic E-state index is 12.8. The fourth-order valence-electron chi connectivity index (χ4n) is 3.91. The highest BCUT2D eigenvalue weighted by Crippen LogP contribution is 2.37. The first-order valence-electron chi connectivity index (χ1n) is 8.75. The van der Waals surface area contributed by atoms with Crippen LogP contribution in [-0.2, 0) is 0 Å². The molecule has 122 valence electrons. The smallest absolute Gasteiger partial charge is 0.320 e. The molecule has 4 heteroatoms. The topological polar surface area (TPSA) is 49.6 Å². The Morgan fingerprint density at radius 2 is 1.81 bits per heavy atom. The van der Waals surface area contributed by atoms with E-state index < -0.39 is 0 Å². The van der Waals surface area contributed by atoms with Crippen molar-refractivity contribution in [2.45, 2.75) is 64.3 Å². The number of piperidine rings is 1. The Morgan fingerprint density at radius 1 is 1.24 bits per heavy atom. The standard InChI is InChI=1S/C17H33N3O/c1-4-15-5-9-17(13-18,10-6-15)19(3)16(21)20-11-7-14(2)8-12-20/h14-15H,4-13,18H2,1-3H3. The summed E-state index contributed by atoms with van der Waals surface area (Å²) in [5.41, 5.74) is 6.00. The van der Waals surface area contributed by atoms with Crippen molar-refractivity contribution < 1.29 is 4.79 Å². The predicted octanol–water partition coefficient (Wildman–Crippen LogP) is 3.07. The highest BCUT2D eigenvalue weighted by atomic mass is 16.2. The zero-order valence-electron chi connectivity index (χ0n) is 14.1. The molecular formula is C17H33N3O. The summed E-state index contributed by atoms with van der Waals surface area (Å²) in [7, 11) is 1.97. The largest absolute Gasteiger partial charge is 0.328 e. The van der Waals surface area contributed by atoms with Gasteiger partial charge in [-0.1, -0.05) is 20.3 Å². The maximum atomic E-state index is 12.8. The van der Waals surface area contributed by atoms with Gasteiger partial charge < -0.3 is 15.5 Å². The second-order valence-corrected chi connectivity index (χ2v) is 7.29. The number of nitrogens with zero attached hydrogens (tertiary/aromatic N) is 2. The van der Waals surface area contributed by atoms with E-state index in [0.717, 1.165) is 50.6 Å². The quantitative estimate of drug-likeness (QED) is 0.870. The van der Waals surface area contributed by atoms with Crippen molar-refractivity contribution in [3.05, 3.63) is 0 Å². The van der Waals surface area contributed by atoms with Gasteiger partial charge in [-0.3, -0.25) is 0 Å². The summed E-state index contributed by atoms with van der Waals surface area (Å²) in [4.78, 5) is 16.8. The third kappa shape index (κ3) is 3.53. The molecule has 0 bridgehead atoms. The molecule has 2 N–H and O–H groups in total. The second-order valence-electron chi connectivity index (χ2n) is 7.29. The third-order valence-corrected chi connectivity index (χ3v) is 6.05. The zero-order valence-corrected chi connectivity index (χ0v) is 14.1. The minimum absolute atomic E-state index is 0.105. The van der Waals surface area contributed by atoms with Crippen LogP contribution in [0.4, 0.5) is 4.79 Å². The third-order valence-electron chi connectivity index (χ3n) is 6.05. The van der Waals surface area contributed by atoms with Crippen LogP contribution in [0, 0.1) is 11.8 Å². The van der Waals surface area contributed by atoms with Crippen LogP contribution in [0.1, 0.15) is 58.8 Å². The van der Waals surface area contributed by atoms with E-state index in [9.17, 15) is 4.79 Å². The summed E-state index contributed by atoms with van der Waals surface area (Å²) in [6.07, 6.45) is 8.07. The highest BCUT2D eigenvalue weighted by Gasteiger charge is 2.41. The fourth-order valence-corrected chi connectivity index (χ4v) is 3.91. The van der Waals surface area contributed by atoms with E-state index in [1.54, 1.807) is 0 Å².